The maximum atomic E-state index is 12.3. The first-order valence-electron chi connectivity index (χ1n) is 8.16. The predicted octanol–water partition coefficient (Wildman–Crippen LogP) is 2.21. The van der Waals surface area contributed by atoms with E-state index in [0.717, 1.165) is 5.56 Å². The van der Waals surface area contributed by atoms with Crippen molar-refractivity contribution in [3.8, 4) is 23.0 Å². The summed E-state index contributed by atoms with van der Waals surface area (Å²) in [7, 11) is 2.86. The first-order valence-corrected chi connectivity index (χ1v) is 8.16. The van der Waals surface area contributed by atoms with Gasteiger partial charge in [-0.1, -0.05) is 6.07 Å². The molecule has 4 N–H and O–H groups in total. The van der Waals surface area contributed by atoms with Crippen LogP contribution in [0.25, 0.3) is 0 Å². The van der Waals surface area contributed by atoms with Gasteiger partial charge in [-0.05, 0) is 47.4 Å². The number of fused-ring (bicyclic) bond motifs is 1. The number of ether oxygens (including phenoxy) is 2. The highest BCUT2D eigenvalue weighted by Gasteiger charge is 2.44. The summed E-state index contributed by atoms with van der Waals surface area (Å²) in [5.74, 6) is -0.551. The van der Waals surface area contributed by atoms with Crippen molar-refractivity contribution >= 4 is 18.4 Å². The van der Waals surface area contributed by atoms with E-state index in [-0.39, 0.29) is 41.8 Å². The molecule has 7 nitrogen and oxygen atoms in total. The molecule has 0 aliphatic carbocycles. The molecule has 0 fully saturated rings. The Morgan fingerprint density at radius 1 is 1.11 bits per heavy atom. The second kappa shape index (κ2) is 7.94. The van der Waals surface area contributed by atoms with Gasteiger partial charge in [-0.3, -0.25) is 5.32 Å². The average Bonchev–Trinajstić information content (AvgIpc) is 2.62. The van der Waals surface area contributed by atoms with Crippen molar-refractivity contribution in [1.82, 2.24) is 5.32 Å². The number of carboxylic acids is 1. The molecule has 0 aromatic heterocycles. The number of aromatic hydroxyl groups is 2. The van der Waals surface area contributed by atoms with E-state index >= 15 is 0 Å². The van der Waals surface area contributed by atoms with Gasteiger partial charge in [0.2, 0.25) is 0 Å². The number of hydrogen-bond acceptors (Lipinski definition) is 6. The van der Waals surface area contributed by atoms with E-state index in [1.165, 1.54) is 20.3 Å². The van der Waals surface area contributed by atoms with E-state index < -0.39 is 11.5 Å². The largest absolute Gasteiger partial charge is 0.504 e. The third kappa shape index (κ3) is 3.61. The van der Waals surface area contributed by atoms with Crippen molar-refractivity contribution in [3.05, 3.63) is 47.0 Å². The highest BCUT2D eigenvalue weighted by Crippen LogP contribution is 2.40. The van der Waals surface area contributed by atoms with Gasteiger partial charge in [0.05, 0.1) is 14.2 Å². The molecule has 0 saturated carbocycles. The zero-order valence-corrected chi connectivity index (χ0v) is 15.8. The van der Waals surface area contributed by atoms with Crippen molar-refractivity contribution in [2.45, 2.75) is 18.4 Å². The molecule has 0 spiro atoms. The fraction of sp³-hybridized carbons (Fsp3) is 0.316. The lowest BCUT2D eigenvalue weighted by Crippen LogP contribution is -2.54. The third-order valence-electron chi connectivity index (χ3n) is 4.76. The predicted molar refractivity (Wildman–Crippen MR) is 101 cm³/mol. The lowest BCUT2D eigenvalue weighted by atomic mass is 9.78. The summed E-state index contributed by atoms with van der Waals surface area (Å²) in [6, 6.07) is 7.89. The van der Waals surface area contributed by atoms with Crippen LogP contribution >= 0.6 is 12.4 Å². The van der Waals surface area contributed by atoms with E-state index in [1.807, 2.05) is 0 Å². The molecule has 0 amide bonds. The lowest BCUT2D eigenvalue weighted by molar-refractivity contribution is -0.145. The van der Waals surface area contributed by atoms with Gasteiger partial charge in [0.15, 0.2) is 23.0 Å². The Labute approximate surface area is 163 Å². The molecule has 0 saturated heterocycles. The van der Waals surface area contributed by atoms with Gasteiger partial charge >= 0.3 is 5.97 Å². The average molecular weight is 396 g/mol. The van der Waals surface area contributed by atoms with Crippen LogP contribution in [0.1, 0.15) is 16.7 Å². The minimum Gasteiger partial charge on any atom is -0.504 e. The van der Waals surface area contributed by atoms with Gasteiger partial charge in [-0.15, -0.1) is 12.4 Å². The standard InChI is InChI=1S/C19H21NO6.ClH/c1-25-16-7-11(3-4-14(16)21)10-19(18(23)24)13-9-17(26-2)15(22)8-12(13)5-6-20-19;/h3-4,7-9,20-22H,5-6,10H2,1-2H3,(H,23,24);1H. The van der Waals surface area contributed by atoms with Crippen LogP contribution < -0.4 is 14.8 Å². The molecule has 3 rings (SSSR count). The number of benzene rings is 2. The van der Waals surface area contributed by atoms with Crippen LogP contribution in [0.2, 0.25) is 0 Å². The number of hydrogen-bond donors (Lipinski definition) is 4. The van der Waals surface area contributed by atoms with Gasteiger partial charge in [-0.2, -0.15) is 0 Å². The van der Waals surface area contributed by atoms with Crippen LogP contribution in [0.4, 0.5) is 0 Å². The van der Waals surface area contributed by atoms with Crippen molar-refractivity contribution in [2.75, 3.05) is 20.8 Å². The number of halogens is 1. The third-order valence-corrected chi connectivity index (χ3v) is 4.76. The summed E-state index contributed by atoms with van der Waals surface area (Å²) >= 11 is 0. The molecule has 0 bridgehead atoms. The molecule has 1 heterocycles. The molecule has 1 atom stereocenters. The molecule has 27 heavy (non-hydrogen) atoms. The Morgan fingerprint density at radius 2 is 1.78 bits per heavy atom. The number of nitrogens with one attached hydrogen (secondary N) is 1. The normalized spacial score (nSPS) is 18.1. The van der Waals surface area contributed by atoms with Crippen LogP contribution in [0.5, 0.6) is 23.0 Å². The lowest BCUT2D eigenvalue weighted by Gasteiger charge is -2.37. The van der Waals surface area contributed by atoms with Crippen LogP contribution in [-0.2, 0) is 23.2 Å². The van der Waals surface area contributed by atoms with E-state index in [2.05, 4.69) is 5.32 Å². The molecular formula is C19H22ClNO6. The first kappa shape index (κ1) is 20.7. The summed E-state index contributed by atoms with van der Waals surface area (Å²) < 4.78 is 10.3. The number of methoxy groups -OCH3 is 2. The molecule has 0 radical (unpaired) electrons. The number of carboxylic acid groups (broad SMARTS) is 1. The quantitative estimate of drug-likeness (QED) is 0.614. The second-order valence-corrected chi connectivity index (χ2v) is 6.25. The van der Waals surface area contributed by atoms with Crippen LogP contribution in [0, 0.1) is 0 Å². The van der Waals surface area contributed by atoms with E-state index in [0.29, 0.717) is 24.1 Å². The molecule has 1 aliphatic heterocycles. The first-order chi connectivity index (χ1) is 12.4. The van der Waals surface area contributed by atoms with Crippen LogP contribution in [0.3, 0.4) is 0 Å². The molecule has 8 heteroatoms. The molecule has 1 unspecified atom stereocenters. The van der Waals surface area contributed by atoms with E-state index in [9.17, 15) is 20.1 Å². The number of phenols is 2. The Bertz CT molecular complexity index is 856. The van der Waals surface area contributed by atoms with Crippen molar-refractivity contribution < 1.29 is 29.6 Å². The summed E-state index contributed by atoms with van der Waals surface area (Å²) in [5, 5.41) is 33.0. The Morgan fingerprint density at radius 3 is 2.41 bits per heavy atom. The van der Waals surface area contributed by atoms with Crippen molar-refractivity contribution in [3.63, 3.8) is 0 Å². The summed E-state index contributed by atoms with van der Waals surface area (Å²) in [4.78, 5) is 12.3. The second-order valence-electron chi connectivity index (χ2n) is 6.25. The SMILES string of the molecule is COc1cc(CC2(C(=O)O)NCCc3cc(O)c(OC)cc32)ccc1O.Cl. The molecule has 2 aromatic carbocycles. The number of rotatable bonds is 5. The van der Waals surface area contributed by atoms with Crippen LogP contribution in [-0.4, -0.2) is 42.1 Å². The summed E-state index contributed by atoms with van der Waals surface area (Å²) in [6.07, 6.45) is 0.737. The number of carbonyl (C=O) groups is 1. The highest BCUT2D eigenvalue weighted by atomic mass is 35.5. The zero-order chi connectivity index (χ0) is 18.9. The highest BCUT2D eigenvalue weighted by molar-refractivity contribution is 5.85. The van der Waals surface area contributed by atoms with E-state index in [4.69, 9.17) is 9.47 Å². The molecule has 2 aromatic rings. The van der Waals surface area contributed by atoms with Gasteiger partial charge in [-0.25, -0.2) is 4.79 Å². The number of aliphatic carboxylic acids is 1. The Balaban J connectivity index is 0.00000261. The van der Waals surface area contributed by atoms with E-state index in [1.54, 1.807) is 24.3 Å². The summed E-state index contributed by atoms with van der Waals surface area (Å²) in [5.41, 5.74) is 0.624. The maximum Gasteiger partial charge on any atom is 0.328 e. The molecular weight excluding hydrogens is 374 g/mol. The van der Waals surface area contributed by atoms with Crippen LogP contribution in [0.15, 0.2) is 30.3 Å². The smallest absolute Gasteiger partial charge is 0.328 e. The molecule has 146 valence electrons. The van der Waals surface area contributed by atoms with Crippen molar-refractivity contribution in [2.24, 2.45) is 0 Å². The maximum absolute atomic E-state index is 12.3. The Kier molecular flexibility index (Phi) is 6.08. The fourth-order valence-corrected chi connectivity index (χ4v) is 3.45. The Hall–Kier alpha value is -2.64. The van der Waals surface area contributed by atoms with Gasteiger partial charge in [0.25, 0.3) is 0 Å². The zero-order valence-electron chi connectivity index (χ0n) is 15.0. The monoisotopic (exact) mass is 395 g/mol. The van der Waals surface area contributed by atoms with Gasteiger partial charge < -0.3 is 24.8 Å². The topological polar surface area (TPSA) is 108 Å². The molecule has 1 aliphatic rings. The van der Waals surface area contributed by atoms with Gasteiger partial charge in [0, 0.05) is 13.0 Å². The fourth-order valence-electron chi connectivity index (χ4n) is 3.45. The minimum absolute atomic E-state index is 0. The summed E-state index contributed by atoms with van der Waals surface area (Å²) in [6.45, 7) is 0.459. The minimum atomic E-state index is -1.38. The van der Waals surface area contributed by atoms with Crippen molar-refractivity contribution in [1.29, 1.82) is 0 Å². The van der Waals surface area contributed by atoms with Gasteiger partial charge in [0.1, 0.15) is 5.54 Å². The number of phenolic OH excluding ortho intramolecular Hbond substituents is 2.